The third kappa shape index (κ3) is 14.7. The maximum Gasteiger partial charge on any atom is 0.407 e. The second-order valence-corrected chi connectivity index (χ2v) is 17.8. The number of carbonyl (C=O) groups excluding carboxylic acids is 7. The lowest BCUT2D eigenvalue weighted by Crippen LogP contribution is -2.57. The second-order valence-electron chi connectivity index (χ2n) is 17.8. The van der Waals surface area contributed by atoms with Crippen LogP contribution in [0.25, 0.3) is 0 Å². The minimum absolute atomic E-state index is 0.0329. The normalized spacial score (nSPS) is 17.9. The zero-order valence-corrected chi connectivity index (χ0v) is 34.7. The Morgan fingerprint density at radius 3 is 2.00 bits per heavy atom. The number of Topliss-reactive ketones (excluding diaryl/α,β-unsaturated/α-hetero) is 4. The number of alkyl carbamates (subject to hydrolysis) is 1. The molecule has 302 valence electrons. The van der Waals surface area contributed by atoms with Gasteiger partial charge in [-0.2, -0.15) is 0 Å². The van der Waals surface area contributed by atoms with Gasteiger partial charge in [-0.3, -0.25) is 28.8 Å². The molecule has 0 unspecified atom stereocenters. The summed E-state index contributed by atoms with van der Waals surface area (Å²) in [5.41, 5.74) is -0.626. The maximum absolute atomic E-state index is 14.3. The van der Waals surface area contributed by atoms with E-state index < -0.39 is 64.6 Å². The largest absolute Gasteiger partial charge is 0.449 e. The van der Waals surface area contributed by atoms with Crippen LogP contribution in [0.2, 0.25) is 0 Å². The van der Waals surface area contributed by atoms with Crippen LogP contribution in [0, 0.1) is 23.2 Å². The lowest BCUT2D eigenvalue weighted by Gasteiger charge is -2.35. The van der Waals surface area contributed by atoms with E-state index in [9.17, 15) is 33.6 Å². The molecule has 1 aromatic carbocycles. The molecular weight excluding hydrogens is 690 g/mol. The fraction of sp³-hybridized carbons (Fsp3) is 0.690. The number of likely N-dealkylation sites (tertiary alicyclic amines) is 1. The van der Waals surface area contributed by atoms with Crippen LogP contribution in [0.4, 0.5) is 4.79 Å². The van der Waals surface area contributed by atoms with Crippen molar-refractivity contribution in [2.24, 2.45) is 23.2 Å². The molecule has 5 atom stereocenters. The molecule has 1 aromatic rings. The van der Waals surface area contributed by atoms with Gasteiger partial charge in [0.1, 0.15) is 11.8 Å². The Hall–Kier alpha value is -3.93. The van der Waals surface area contributed by atoms with Crippen molar-refractivity contribution in [1.82, 2.24) is 15.1 Å². The molecule has 12 nitrogen and oxygen atoms in total. The molecule has 0 radical (unpaired) electrons. The Morgan fingerprint density at radius 1 is 0.870 bits per heavy atom. The predicted molar refractivity (Wildman–Crippen MR) is 207 cm³/mol. The number of ether oxygens (including phenoxy) is 2. The molecule has 0 saturated carbocycles. The molecule has 1 aliphatic rings. The fourth-order valence-corrected chi connectivity index (χ4v) is 6.66. The Labute approximate surface area is 322 Å². The van der Waals surface area contributed by atoms with Crippen LogP contribution in [0.5, 0.6) is 0 Å². The SMILES string of the molecule is CC(C)COC(=O)N[C@H](C(=O)N1C[C@H](OC(C)(C)C)C[C@H]1C(=O)C[C@H](CC(C)C)C(=O)C(=O)CCC(=O)C[C@H](C(=O)N(C)C)c1ccccc1)C(C)(C)C. The number of amides is 3. The van der Waals surface area contributed by atoms with Crippen molar-refractivity contribution in [3.8, 4) is 0 Å². The van der Waals surface area contributed by atoms with Gasteiger partial charge in [-0.1, -0.05) is 78.8 Å². The first-order chi connectivity index (χ1) is 24.9. The average molecular weight is 756 g/mol. The highest BCUT2D eigenvalue weighted by Gasteiger charge is 2.46. The van der Waals surface area contributed by atoms with Crippen LogP contribution in [0.1, 0.15) is 119 Å². The maximum atomic E-state index is 14.3. The molecule has 1 fully saturated rings. The molecule has 0 aromatic heterocycles. The quantitative estimate of drug-likeness (QED) is 0.169. The van der Waals surface area contributed by atoms with E-state index in [0.29, 0.717) is 5.56 Å². The summed E-state index contributed by atoms with van der Waals surface area (Å²) in [5.74, 6) is -4.49. The number of hydrogen-bond acceptors (Lipinski definition) is 9. The minimum atomic E-state index is -1.03. The Morgan fingerprint density at radius 2 is 1.48 bits per heavy atom. The molecule has 12 heteroatoms. The molecule has 2 rings (SSSR count). The number of likely N-dealkylation sites (N-methyl/N-ethyl adjacent to an activating group) is 1. The number of benzene rings is 1. The first-order valence-corrected chi connectivity index (χ1v) is 19.2. The van der Waals surface area contributed by atoms with E-state index in [1.54, 1.807) is 38.4 Å². The summed E-state index contributed by atoms with van der Waals surface area (Å²) in [4.78, 5) is 97.1. The van der Waals surface area contributed by atoms with Gasteiger partial charge in [-0.25, -0.2) is 4.79 Å². The van der Waals surface area contributed by atoms with Gasteiger partial charge in [0.25, 0.3) is 0 Å². The lowest BCUT2D eigenvalue weighted by molar-refractivity contribution is -0.143. The van der Waals surface area contributed by atoms with Crippen LogP contribution in [-0.4, -0.2) is 102 Å². The average Bonchev–Trinajstić information content (AvgIpc) is 3.48. The molecule has 0 bridgehead atoms. The minimum Gasteiger partial charge on any atom is -0.449 e. The molecular formula is C42H65N3O9. The van der Waals surface area contributed by atoms with Gasteiger partial charge >= 0.3 is 6.09 Å². The molecule has 1 heterocycles. The molecule has 1 N–H and O–H groups in total. The monoisotopic (exact) mass is 755 g/mol. The first kappa shape index (κ1) is 46.2. The lowest BCUT2D eigenvalue weighted by atomic mass is 9.83. The second kappa shape index (κ2) is 20.1. The van der Waals surface area contributed by atoms with Crippen molar-refractivity contribution >= 4 is 41.0 Å². The molecule has 1 saturated heterocycles. The van der Waals surface area contributed by atoms with Crippen LogP contribution in [0.3, 0.4) is 0 Å². The first-order valence-electron chi connectivity index (χ1n) is 19.2. The Bertz CT molecular complexity index is 1470. The number of ketones is 4. The number of nitrogens with zero attached hydrogens (tertiary/aromatic N) is 2. The summed E-state index contributed by atoms with van der Waals surface area (Å²) in [6, 6.07) is 6.97. The summed E-state index contributed by atoms with van der Waals surface area (Å²) >= 11 is 0. The van der Waals surface area contributed by atoms with Gasteiger partial charge in [0, 0.05) is 58.7 Å². The Balaban J connectivity index is 2.27. The van der Waals surface area contributed by atoms with E-state index in [2.05, 4.69) is 5.32 Å². The summed E-state index contributed by atoms with van der Waals surface area (Å²) < 4.78 is 11.5. The highest BCUT2D eigenvalue weighted by atomic mass is 16.5. The predicted octanol–water partition coefficient (Wildman–Crippen LogP) is 5.94. The topological polar surface area (TPSA) is 156 Å². The van der Waals surface area contributed by atoms with Crippen molar-refractivity contribution in [3.63, 3.8) is 0 Å². The van der Waals surface area contributed by atoms with Crippen molar-refractivity contribution in [3.05, 3.63) is 35.9 Å². The van der Waals surface area contributed by atoms with Crippen LogP contribution in [-0.2, 0) is 38.2 Å². The molecule has 1 aliphatic heterocycles. The van der Waals surface area contributed by atoms with Gasteiger partial charge in [-0.05, 0) is 50.0 Å². The van der Waals surface area contributed by atoms with Gasteiger partial charge in [-0.15, -0.1) is 0 Å². The fourth-order valence-electron chi connectivity index (χ4n) is 6.66. The summed E-state index contributed by atoms with van der Waals surface area (Å²) in [6.07, 6.45) is -1.70. The number of carbonyl (C=O) groups is 7. The third-order valence-corrected chi connectivity index (χ3v) is 9.21. The van der Waals surface area contributed by atoms with Crippen molar-refractivity contribution in [1.29, 1.82) is 0 Å². The van der Waals surface area contributed by atoms with Crippen LogP contribution < -0.4 is 5.32 Å². The summed E-state index contributed by atoms with van der Waals surface area (Å²) in [6.45, 7) is 18.9. The number of hydrogen-bond donors (Lipinski definition) is 1. The third-order valence-electron chi connectivity index (χ3n) is 9.21. The van der Waals surface area contributed by atoms with Crippen molar-refractivity contribution < 1.29 is 43.0 Å². The zero-order chi connectivity index (χ0) is 41.1. The van der Waals surface area contributed by atoms with E-state index in [4.69, 9.17) is 9.47 Å². The van der Waals surface area contributed by atoms with Gasteiger partial charge in [0.15, 0.2) is 11.6 Å². The standard InChI is InChI=1S/C42H65N3O9/c1-26(2)20-29(36(49)34(47)19-18-30(46)22-32(38(50)44(11)12)28-16-14-13-15-17-28)21-35(48)33-23-31(54-42(8,9)10)24-45(33)39(51)37(41(5,6)7)43-40(52)53-25-27(3)4/h13-17,26-27,29,31-33,37H,18-25H2,1-12H3,(H,43,52)/t29-,31+,32-,33-,37+/m0/s1. The highest BCUT2D eigenvalue weighted by molar-refractivity contribution is 6.38. The Kier molecular flexibility index (Phi) is 17.2. The van der Waals surface area contributed by atoms with E-state index in [1.807, 2.05) is 75.3 Å². The van der Waals surface area contributed by atoms with E-state index in [0.717, 1.165) is 0 Å². The summed E-state index contributed by atoms with van der Waals surface area (Å²) in [7, 11) is 3.23. The van der Waals surface area contributed by atoms with Gasteiger partial charge in [0.05, 0.1) is 30.3 Å². The van der Waals surface area contributed by atoms with Crippen molar-refractivity contribution in [2.75, 3.05) is 27.2 Å². The van der Waals surface area contributed by atoms with Gasteiger partial charge in [0.2, 0.25) is 17.6 Å². The van der Waals surface area contributed by atoms with E-state index >= 15 is 0 Å². The van der Waals surface area contributed by atoms with Crippen molar-refractivity contribution in [2.45, 2.75) is 137 Å². The smallest absolute Gasteiger partial charge is 0.407 e. The zero-order valence-electron chi connectivity index (χ0n) is 34.7. The molecule has 3 amide bonds. The van der Waals surface area contributed by atoms with E-state index in [-0.39, 0.29) is 81.0 Å². The van der Waals surface area contributed by atoms with Gasteiger partial charge < -0.3 is 24.6 Å². The molecule has 0 aliphatic carbocycles. The molecule has 54 heavy (non-hydrogen) atoms. The number of rotatable bonds is 19. The highest BCUT2D eigenvalue weighted by Crippen LogP contribution is 2.32. The van der Waals surface area contributed by atoms with Crippen LogP contribution in [0.15, 0.2) is 30.3 Å². The summed E-state index contributed by atoms with van der Waals surface area (Å²) in [5, 5.41) is 2.72. The van der Waals surface area contributed by atoms with E-state index in [1.165, 1.54) is 9.80 Å². The molecule has 0 spiro atoms. The van der Waals surface area contributed by atoms with Crippen LogP contribution >= 0.6 is 0 Å². The number of nitrogens with one attached hydrogen (secondary N) is 1.